The molecule has 7 nitrogen and oxygen atoms in total. The number of morpholine rings is 1. The van der Waals surface area contributed by atoms with E-state index in [1.807, 2.05) is 35.2 Å². The van der Waals surface area contributed by atoms with E-state index in [-0.39, 0.29) is 43.0 Å². The second kappa shape index (κ2) is 10.6. The van der Waals surface area contributed by atoms with Gasteiger partial charge in [0.15, 0.2) is 17.9 Å². The summed E-state index contributed by atoms with van der Waals surface area (Å²) in [7, 11) is 0. The summed E-state index contributed by atoms with van der Waals surface area (Å²) in [6, 6.07) is 14.5. The smallest absolute Gasteiger partial charge is 1.00 e. The van der Waals surface area contributed by atoms with Gasteiger partial charge in [0.25, 0.3) is 0 Å². The molecule has 1 N–H and O–H groups in total. The molecular weight excluding hydrogens is 473 g/mol. The molecule has 0 saturated carbocycles. The van der Waals surface area contributed by atoms with E-state index in [4.69, 9.17) is 19.0 Å². The van der Waals surface area contributed by atoms with Crippen LogP contribution >= 0.6 is 23.5 Å². The maximum Gasteiger partial charge on any atom is 1.00 e. The van der Waals surface area contributed by atoms with Crippen LogP contribution in [0.4, 0.5) is 5.88 Å². The van der Waals surface area contributed by atoms with Crippen LogP contribution in [0.2, 0.25) is 0 Å². The van der Waals surface area contributed by atoms with Crippen molar-refractivity contribution in [3.63, 3.8) is 0 Å². The first kappa shape index (κ1) is 24.3. The van der Waals surface area contributed by atoms with Crippen LogP contribution in [0.15, 0.2) is 77.3 Å². The predicted octanol–water partition coefficient (Wildman–Crippen LogP) is 1.34. The molecule has 33 heavy (non-hydrogen) atoms. The van der Waals surface area contributed by atoms with E-state index in [0.29, 0.717) is 43.7 Å². The first-order valence-electron chi connectivity index (χ1n) is 10.0. The summed E-state index contributed by atoms with van der Waals surface area (Å²) in [5.74, 6) is 0.597. The van der Waals surface area contributed by atoms with Crippen molar-refractivity contribution in [1.29, 1.82) is 0 Å². The summed E-state index contributed by atoms with van der Waals surface area (Å²) in [4.78, 5) is 29.3. The fourth-order valence-corrected chi connectivity index (χ4v) is 5.94. The fourth-order valence-electron chi connectivity index (χ4n) is 3.55. The first-order chi connectivity index (χ1) is 15.6. The molecule has 0 atom stereocenters. The van der Waals surface area contributed by atoms with Crippen LogP contribution in [0.25, 0.3) is 11.3 Å². The van der Waals surface area contributed by atoms with Crippen LogP contribution in [0, 0.1) is 0 Å². The number of fused-ring (bicyclic) bond motifs is 2. The minimum Gasteiger partial charge on any atom is -1.00 e. The molecule has 10 heteroatoms. The summed E-state index contributed by atoms with van der Waals surface area (Å²) in [5.41, 5.74) is 0.767. The Bertz CT molecular complexity index is 1250. The second-order valence-electron chi connectivity index (χ2n) is 7.22. The van der Waals surface area contributed by atoms with Gasteiger partial charge in [0, 0.05) is 50.4 Å². The summed E-state index contributed by atoms with van der Waals surface area (Å²) in [5, 5.41) is 8.83. The number of carbonyl (C=O) groups is 1. The molecule has 0 aliphatic carbocycles. The van der Waals surface area contributed by atoms with Crippen LogP contribution in [-0.4, -0.2) is 44.0 Å². The third kappa shape index (κ3) is 5.45. The van der Waals surface area contributed by atoms with E-state index in [9.17, 15) is 9.59 Å². The number of anilines is 1. The molecule has 166 valence electrons. The van der Waals surface area contributed by atoms with Crippen molar-refractivity contribution in [2.75, 3.05) is 37.8 Å². The van der Waals surface area contributed by atoms with E-state index < -0.39 is 5.97 Å². The molecule has 5 rings (SSSR count). The SMILES string of the molecule is O=C(O)COc1ccc2c(c1)Sc1cccc(-c3cc(=O)cc(N4CCOCC4)o3)c1S2.[H-].[Na+]. The Morgan fingerprint density at radius 1 is 1.06 bits per heavy atom. The Balaban J connectivity index is 0.00000162. The Morgan fingerprint density at radius 2 is 1.88 bits per heavy atom. The van der Waals surface area contributed by atoms with Crippen LogP contribution in [0.3, 0.4) is 0 Å². The van der Waals surface area contributed by atoms with Crippen molar-refractivity contribution in [3.8, 4) is 17.1 Å². The Kier molecular flexibility index (Phi) is 7.78. The number of hydrogen-bond acceptors (Lipinski definition) is 8. The molecule has 2 aliphatic heterocycles. The Labute approximate surface area is 222 Å². The second-order valence-corrected chi connectivity index (χ2v) is 9.36. The Morgan fingerprint density at radius 3 is 2.67 bits per heavy atom. The molecule has 3 heterocycles. The number of nitrogens with zero attached hydrogens (tertiary/aromatic N) is 1. The summed E-state index contributed by atoms with van der Waals surface area (Å²) in [6.07, 6.45) is 0. The Hall–Kier alpha value is -1.88. The number of rotatable bonds is 5. The van der Waals surface area contributed by atoms with E-state index >= 15 is 0 Å². The maximum atomic E-state index is 12.5. The third-order valence-corrected chi connectivity index (χ3v) is 7.63. The van der Waals surface area contributed by atoms with Crippen molar-refractivity contribution in [1.82, 2.24) is 0 Å². The number of carboxylic acid groups (broad SMARTS) is 1. The molecule has 0 amide bonds. The van der Waals surface area contributed by atoms with Gasteiger partial charge >= 0.3 is 35.5 Å². The van der Waals surface area contributed by atoms with Gasteiger partial charge in [0.1, 0.15) is 11.5 Å². The molecule has 2 aromatic carbocycles. The number of aliphatic carboxylic acids is 1. The molecule has 2 aliphatic rings. The number of hydrogen-bond donors (Lipinski definition) is 1. The molecule has 1 fully saturated rings. The van der Waals surface area contributed by atoms with Crippen LogP contribution in [-0.2, 0) is 9.53 Å². The number of ether oxygens (including phenoxy) is 2. The molecule has 0 bridgehead atoms. The molecule has 3 aromatic rings. The molecular formula is C23H20NNaO6S2. The van der Waals surface area contributed by atoms with Gasteiger partial charge in [-0.05, 0) is 24.3 Å². The van der Waals surface area contributed by atoms with Gasteiger partial charge in [-0.2, -0.15) is 0 Å². The average molecular weight is 494 g/mol. The van der Waals surface area contributed by atoms with Crippen LogP contribution < -0.4 is 44.6 Å². The number of benzene rings is 2. The molecule has 0 spiro atoms. The fraction of sp³-hybridized carbons (Fsp3) is 0.217. The average Bonchev–Trinajstić information content (AvgIpc) is 2.81. The van der Waals surface area contributed by atoms with Crippen molar-refractivity contribution in [2.24, 2.45) is 0 Å². The topological polar surface area (TPSA) is 89.2 Å². The third-order valence-electron chi connectivity index (χ3n) is 5.03. The molecule has 0 unspecified atom stereocenters. The zero-order valence-corrected chi connectivity index (χ0v) is 21.5. The van der Waals surface area contributed by atoms with E-state index in [2.05, 4.69) is 0 Å². The zero-order valence-electron chi connectivity index (χ0n) is 18.9. The van der Waals surface area contributed by atoms with Crippen molar-refractivity contribution in [2.45, 2.75) is 19.6 Å². The van der Waals surface area contributed by atoms with Gasteiger partial charge in [0.05, 0.1) is 13.2 Å². The van der Waals surface area contributed by atoms with Gasteiger partial charge in [-0.25, -0.2) is 4.79 Å². The standard InChI is InChI=1S/C23H19NO6S2.Na.H/c25-14-10-17(30-21(11-14)24-6-8-28-9-7-24)16-2-1-3-19-23(16)32-18-5-4-15(12-20(18)31-19)29-13-22(26)27;;/h1-5,10-12H,6-9,13H2,(H,26,27);;/q;+1;-1. The summed E-state index contributed by atoms with van der Waals surface area (Å²) < 4.78 is 16.9. The van der Waals surface area contributed by atoms with Crippen LogP contribution in [0.1, 0.15) is 1.43 Å². The van der Waals surface area contributed by atoms with Crippen LogP contribution in [0.5, 0.6) is 5.75 Å². The monoisotopic (exact) mass is 493 g/mol. The predicted molar refractivity (Wildman–Crippen MR) is 122 cm³/mol. The number of carboxylic acids is 1. The molecule has 1 aromatic heterocycles. The van der Waals surface area contributed by atoms with Crippen molar-refractivity contribution < 1.29 is 54.8 Å². The van der Waals surface area contributed by atoms with Gasteiger partial charge in [-0.1, -0.05) is 35.7 Å². The maximum absolute atomic E-state index is 12.5. The zero-order chi connectivity index (χ0) is 22.1. The van der Waals surface area contributed by atoms with Gasteiger partial charge in [-0.3, -0.25) is 4.79 Å². The normalized spacial score (nSPS) is 14.6. The molecule has 1 saturated heterocycles. The first-order valence-corrected chi connectivity index (χ1v) is 11.7. The molecule has 0 radical (unpaired) electrons. The van der Waals surface area contributed by atoms with E-state index in [0.717, 1.165) is 25.1 Å². The van der Waals surface area contributed by atoms with Gasteiger partial charge in [0.2, 0.25) is 0 Å². The minimum atomic E-state index is -1.01. The quantitative estimate of drug-likeness (QED) is 0.414. The minimum absolute atomic E-state index is 0. The van der Waals surface area contributed by atoms with Crippen molar-refractivity contribution in [3.05, 3.63) is 58.8 Å². The van der Waals surface area contributed by atoms with Gasteiger partial charge in [-0.15, -0.1) is 0 Å². The largest absolute Gasteiger partial charge is 1.00 e. The van der Waals surface area contributed by atoms with E-state index in [1.165, 1.54) is 12.1 Å². The van der Waals surface area contributed by atoms with Crippen molar-refractivity contribution >= 4 is 35.4 Å². The van der Waals surface area contributed by atoms with Gasteiger partial charge < -0.3 is 25.3 Å². The van der Waals surface area contributed by atoms with E-state index in [1.54, 1.807) is 29.6 Å². The summed E-state index contributed by atoms with van der Waals surface area (Å²) in [6.45, 7) is 2.20. The summed E-state index contributed by atoms with van der Waals surface area (Å²) >= 11 is 3.18.